The topological polar surface area (TPSA) is 75.3 Å². The summed E-state index contributed by atoms with van der Waals surface area (Å²) in [5.74, 6) is 1.10. The largest absolute Gasteiger partial charge is 0.396 e. The average Bonchev–Trinajstić information content (AvgIpc) is 2.33. The van der Waals surface area contributed by atoms with Gasteiger partial charge in [-0.1, -0.05) is 11.6 Å². The lowest BCUT2D eigenvalue weighted by atomic mass is 9.98. The van der Waals surface area contributed by atoms with E-state index in [4.69, 9.17) is 22.4 Å². The Morgan fingerprint density at radius 2 is 2.12 bits per heavy atom. The van der Waals surface area contributed by atoms with E-state index in [1.54, 1.807) is 0 Å². The zero-order chi connectivity index (χ0) is 11.5. The summed E-state index contributed by atoms with van der Waals surface area (Å²) in [5, 5.41) is 9.36. The summed E-state index contributed by atoms with van der Waals surface area (Å²) in [6.45, 7) is 1.96. The van der Waals surface area contributed by atoms with Gasteiger partial charge in [0, 0.05) is 19.7 Å². The van der Waals surface area contributed by atoms with Crippen LogP contribution in [0.4, 0.5) is 11.5 Å². The first kappa shape index (κ1) is 11.4. The summed E-state index contributed by atoms with van der Waals surface area (Å²) < 4.78 is 0. The molecule has 1 fully saturated rings. The van der Waals surface area contributed by atoms with Gasteiger partial charge >= 0.3 is 0 Å². The summed E-state index contributed by atoms with van der Waals surface area (Å²) >= 11 is 5.85. The van der Waals surface area contributed by atoms with E-state index in [2.05, 4.69) is 14.9 Å². The zero-order valence-corrected chi connectivity index (χ0v) is 9.69. The first-order valence-electron chi connectivity index (χ1n) is 5.34. The van der Waals surface area contributed by atoms with Gasteiger partial charge in [0.15, 0.2) is 11.0 Å². The van der Waals surface area contributed by atoms with Crippen molar-refractivity contribution in [1.82, 2.24) is 9.97 Å². The van der Waals surface area contributed by atoms with Gasteiger partial charge in [-0.2, -0.15) is 0 Å². The minimum atomic E-state index is 0.258. The number of nitrogen functional groups attached to an aromatic ring is 1. The van der Waals surface area contributed by atoms with Gasteiger partial charge in [0.2, 0.25) is 0 Å². The highest BCUT2D eigenvalue weighted by Gasteiger charge is 2.21. The van der Waals surface area contributed by atoms with Crippen LogP contribution in [0.15, 0.2) is 6.33 Å². The van der Waals surface area contributed by atoms with Crippen LogP contribution in [-0.2, 0) is 0 Å². The van der Waals surface area contributed by atoms with E-state index >= 15 is 0 Å². The lowest BCUT2D eigenvalue weighted by Gasteiger charge is -2.32. The third-order valence-electron chi connectivity index (χ3n) is 2.99. The van der Waals surface area contributed by atoms with Crippen LogP contribution in [0, 0.1) is 5.92 Å². The average molecular weight is 243 g/mol. The molecule has 2 rings (SSSR count). The first-order valence-corrected chi connectivity index (χ1v) is 5.72. The molecule has 1 aliphatic rings. The first-order chi connectivity index (χ1) is 7.72. The van der Waals surface area contributed by atoms with Gasteiger partial charge in [0.25, 0.3) is 0 Å². The van der Waals surface area contributed by atoms with Crippen LogP contribution in [0.2, 0.25) is 5.15 Å². The van der Waals surface area contributed by atoms with Crippen molar-refractivity contribution < 1.29 is 5.11 Å². The van der Waals surface area contributed by atoms with Crippen molar-refractivity contribution in [2.45, 2.75) is 12.8 Å². The molecule has 6 heteroatoms. The van der Waals surface area contributed by atoms with E-state index in [0.29, 0.717) is 22.6 Å². The molecule has 3 N–H and O–H groups in total. The van der Waals surface area contributed by atoms with Crippen molar-refractivity contribution in [1.29, 1.82) is 0 Å². The molecule has 5 nitrogen and oxygen atoms in total. The predicted octanol–water partition coefficient (Wildman–Crippen LogP) is 0.921. The monoisotopic (exact) mass is 242 g/mol. The number of rotatable bonds is 2. The van der Waals surface area contributed by atoms with E-state index in [9.17, 15) is 0 Å². The lowest BCUT2D eigenvalue weighted by molar-refractivity contribution is 0.203. The van der Waals surface area contributed by atoms with E-state index in [-0.39, 0.29) is 6.61 Å². The molecule has 1 saturated heterocycles. The van der Waals surface area contributed by atoms with Crippen molar-refractivity contribution in [3.63, 3.8) is 0 Å². The number of aromatic nitrogens is 2. The number of aliphatic hydroxyl groups is 1. The smallest absolute Gasteiger partial charge is 0.157 e. The summed E-state index contributed by atoms with van der Waals surface area (Å²) in [4.78, 5) is 10.1. The molecular formula is C10H15ClN4O. The number of anilines is 2. The Labute approximate surface area is 99.3 Å². The number of nitrogens with zero attached hydrogens (tertiary/aromatic N) is 3. The van der Waals surface area contributed by atoms with Crippen molar-refractivity contribution >= 4 is 23.1 Å². The third-order valence-corrected chi connectivity index (χ3v) is 3.29. The normalized spacial score (nSPS) is 17.8. The quantitative estimate of drug-likeness (QED) is 0.755. The second kappa shape index (κ2) is 4.84. The minimum Gasteiger partial charge on any atom is -0.396 e. The van der Waals surface area contributed by atoms with Gasteiger partial charge in [-0.15, -0.1) is 0 Å². The van der Waals surface area contributed by atoms with Crippen LogP contribution in [-0.4, -0.2) is 34.8 Å². The fourth-order valence-corrected chi connectivity index (χ4v) is 2.07. The maximum atomic E-state index is 9.06. The summed E-state index contributed by atoms with van der Waals surface area (Å²) in [6, 6.07) is 0. The Bertz CT molecular complexity index is 366. The van der Waals surface area contributed by atoms with Crippen LogP contribution in [0.1, 0.15) is 12.8 Å². The summed E-state index contributed by atoms with van der Waals surface area (Å²) in [7, 11) is 0. The van der Waals surface area contributed by atoms with Crippen molar-refractivity contribution in [3.8, 4) is 0 Å². The van der Waals surface area contributed by atoms with Crippen LogP contribution >= 0.6 is 11.6 Å². The molecule has 1 aliphatic heterocycles. The Kier molecular flexibility index (Phi) is 3.46. The molecular weight excluding hydrogens is 228 g/mol. The maximum absolute atomic E-state index is 9.06. The minimum absolute atomic E-state index is 0.258. The number of nitrogens with two attached hydrogens (primary N) is 1. The van der Waals surface area contributed by atoms with Crippen molar-refractivity contribution in [3.05, 3.63) is 11.5 Å². The number of hydrogen-bond donors (Lipinski definition) is 2. The van der Waals surface area contributed by atoms with Crippen LogP contribution < -0.4 is 10.6 Å². The molecule has 0 unspecified atom stereocenters. The summed E-state index contributed by atoms with van der Waals surface area (Å²) in [5.41, 5.74) is 6.27. The molecule has 0 aliphatic carbocycles. The van der Waals surface area contributed by atoms with Gasteiger partial charge in [-0.25, -0.2) is 9.97 Å². The molecule has 1 aromatic heterocycles. The van der Waals surface area contributed by atoms with E-state index in [0.717, 1.165) is 25.9 Å². The third kappa shape index (κ3) is 2.20. The predicted molar refractivity (Wildman–Crippen MR) is 63.5 cm³/mol. The van der Waals surface area contributed by atoms with Gasteiger partial charge in [0.05, 0.1) is 0 Å². The number of halogens is 1. The number of aliphatic hydroxyl groups excluding tert-OH is 1. The molecule has 88 valence electrons. The van der Waals surface area contributed by atoms with Gasteiger partial charge < -0.3 is 15.7 Å². The van der Waals surface area contributed by atoms with E-state index in [1.807, 2.05) is 0 Å². The van der Waals surface area contributed by atoms with Gasteiger partial charge in [-0.05, 0) is 18.8 Å². The van der Waals surface area contributed by atoms with Crippen molar-refractivity contribution in [2.24, 2.45) is 5.92 Å². The Balaban J connectivity index is 2.11. The number of hydrogen-bond acceptors (Lipinski definition) is 5. The molecule has 0 saturated carbocycles. The fraction of sp³-hybridized carbons (Fsp3) is 0.600. The van der Waals surface area contributed by atoms with Gasteiger partial charge in [-0.3, -0.25) is 0 Å². The van der Waals surface area contributed by atoms with E-state index in [1.165, 1.54) is 6.33 Å². The molecule has 0 atom stereocenters. The SMILES string of the molecule is Nc1c(Cl)ncnc1N1CCC(CO)CC1. The highest BCUT2D eigenvalue weighted by atomic mass is 35.5. The molecule has 1 aromatic rings. The second-order valence-corrected chi connectivity index (χ2v) is 4.37. The molecule has 0 aromatic carbocycles. The summed E-state index contributed by atoms with van der Waals surface area (Å²) in [6.07, 6.45) is 3.33. The lowest BCUT2D eigenvalue weighted by Crippen LogP contribution is -2.35. The second-order valence-electron chi connectivity index (χ2n) is 4.01. The zero-order valence-electron chi connectivity index (χ0n) is 8.93. The molecule has 0 spiro atoms. The Morgan fingerprint density at radius 3 is 2.75 bits per heavy atom. The van der Waals surface area contributed by atoms with Crippen molar-refractivity contribution in [2.75, 3.05) is 30.3 Å². The van der Waals surface area contributed by atoms with Crippen LogP contribution in [0.25, 0.3) is 0 Å². The molecule has 0 amide bonds. The maximum Gasteiger partial charge on any atom is 0.157 e. The standard InChI is InChI=1S/C10H15ClN4O/c11-9-8(12)10(14-6-13-9)15-3-1-7(5-16)2-4-15/h6-7,16H,1-5,12H2. The molecule has 16 heavy (non-hydrogen) atoms. The van der Waals surface area contributed by atoms with E-state index < -0.39 is 0 Å². The molecule has 2 heterocycles. The molecule has 0 bridgehead atoms. The van der Waals surface area contributed by atoms with Gasteiger partial charge in [0.1, 0.15) is 12.0 Å². The Morgan fingerprint density at radius 1 is 1.44 bits per heavy atom. The highest BCUT2D eigenvalue weighted by molar-refractivity contribution is 6.32. The Hall–Kier alpha value is -1.07. The fourth-order valence-electron chi connectivity index (χ4n) is 1.94. The molecule has 0 radical (unpaired) electrons. The highest BCUT2D eigenvalue weighted by Crippen LogP contribution is 2.28. The number of piperidine rings is 1. The van der Waals surface area contributed by atoms with Crippen LogP contribution in [0.3, 0.4) is 0 Å². The van der Waals surface area contributed by atoms with Crippen LogP contribution in [0.5, 0.6) is 0 Å².